The molecule has 0 radical (unpaired) electrons. The molecule has 0 aliphatic rings. The van der Waals surface area contributed by atoms with Crippen molar-refractivity contribution in [2.45, 2.75) is 58.5 Å². The van der Waals surface area contributed by atoms with Crippen molar-refractivity contribution in [3.8, 4) is 0 Å². The number of halogens is 1. The van der Waals surface area contributed by atoms with Gasteiger partial charge in [0.1, 0.15) is 5.82 Å². The second-order valence-corrected chi connectivity index (χ2v) is 8.87. The molecule has 0 spiro atoms. The Hall–Kier alpha value is -2.25. The van der Waals surface area contributed by atoms with Crippen LogP contribution in [0, 0.1) is 33.5 Å². The van der Waals surface area contributed by atoms with Gasteiger partial charge in [0.15, 0.2) is 0 Å². The van der Waals surface area contributed by atoms with E-state index in [9.17, 15) is 17.6 Å². The van der Waals surface area contributed by atoms with Gasteiger partial charge < -0.3 is 5.32 Å². The summed E-state index contributed by atoms with van der Waals surface area (Å²) in [7, 11) is -3.89. The van der Waals surface area contributed by atoms with Gasteiger partial charge in [0.05, 0.1) is 17.0 Å². The standard InChI is InChI=1S/C21H27FN2O3S/c1-12-10-13(2)15(4)20(14(12)3)28(26,27)24-17(6)21(25)23-16(5)18-8-7-9-19(22)11-18/h7-11,16-17,24H,1-6H3,(H,23,25)/t16?,17-/m0/s1. The van der Waals surface area contributed by atoms with Gasteiger partial charge in [-0.3, -0.25) is 4.79 Å². The molecule has 0 aliphatic carbocycles. The van der Waals surface area contributed by atoms with Crippen molar-refractivity contribution in [1.29, 1.82) is 0 Å². The number of rotatable bonds is 6. The maximum atomic E-state index is 13.4. The van der Waals surface area contributed by atoms with E-state index in [1.807, 2.05) is 19.9 Å². The van der Waals surface area contributed by atoms with Crippen molar-refractivity contribution in [2.24, 2.45) is 0 Å². The molecule has 0 heterocycles. The molecular formula is C21H27FN2O3S. The van der Waals surface area contributed by atoms with Gasteiger partial charge in [-0.25, -0.2) is 12.8 Å². The third-order valence-corrected chi connectivity index (χ3v) is 6.81. The number of carbonyl (C=O) groups is 1. The van der Waals surface area contributed by atoms with Crippen molar-refractivity contribution in [1.82, 2.24) is 10.0 Å². The van der Waals surface area contributed by atoms with Crippen LogP contribution in [0.1, 0.15) is 47.7 Å². The highest BCUT2D eigenvalue weighted by Crippen LogP contribution is 2.26. The molecule has 152 valence electrons. The first-order valence-corrected chi connectivity index (χ1v) is 10.6. The summed E-state index contributed by atoms with van der Waals surface area (Å²) in [4.78, 5) is 12.7. The van der Waals surface area contributed by atoms with E-state index in [4.69, 9.17) is 0 Å². The zero-order chi connectivity index (χ0) is 21.2. The molecule has 5 nitrogen and oxygen atoms in total. The van der Waals surface area contributed by atoms with Crippen LogP contribution >= 0.6 is 0 Å². The molecule has 1 amide bonds. The van der Waals surface area contributed by atoms with E-state index in [0.29, 0.717) is 16.7 Å². The van der Waals surface area contributed by atoms with Crippen LogP contribution < -0.4 is 10.0 Å². The molecule has 2 rings (SSSR count). The quantitative estimate of drug-likeness (QED) is 0.770. The Morgan fingerprint density at radius 3 is 2.11 bits per heavy atom. The normalized spacial score (nSPS) is 13.8. The van der Waals surface area contributed by atoms with Crippen molar-refractivity contribution < 1.29 is 17.6 Å². The van der Waals surface area contributed by atoms with Gasteiger partial charge in [0, 0.05) is 0 Å². The third-order valence-electron chi connectivity index (χ3n) is 5.00. The average Bonchev–Trinajstić information content (AvgIpc) is 2.59. The number of benzene rings is 2. The topological polar surface area (TPSA) is 75.3 Å². The molecule has 7 heteroatoms. The lowest BCUT2D eigenvalue weighted by molar-refractivity contribution is -0.123. The van der Waals surface area contributed by atoms with E-state index in [-0.39, 0.29) is 4.90 Å². The Morgan fingerprint density at radius 1 is 1.00 bits per heavy atom. The van der Waals surface area contributed by atoms with E-state index in [0.717, 1.165) is 11.1 Å². The van der Waals surface area contributed by atoms with Crippen LogP contribution in [0.15, 0.2) is 35.2 Å². The van der Waals surface area contributed by atoms with Crippen LogP contribution in [0.5, 0.6) is 0 Å². The highest BCUT2D eigenvalue weighted by atomic mass is 32.2. The summed E-state index contributed by atoms with van der Waals surface area (Å²) >= 11 is 0. The molecule has 2 atom stereocenters. The zero-order valence-electron chi connectivity index (χ0n) is 17.1. The molecule has 0 aliphatic heterocycles. The molecule has 0 bridgehead atoms. The van der Waals surface area contributed by atoms with Crippen LogP contribution in [0.4, 0.5) is 4.39 Å². The monoisotopic (exact) mass is 406 g/mol. The average molecular weight is 407 g/mol. The second-order valence-electron chi connectivity index (χ2n) is 7.22. The van der Waals surface area contributed by atoms with Gasteiger partial charge in [-0.05, 0) is 81.5 Å². The molecule has 2 aromatic carbocycles. The summed E-state index contributed by atoms with van der Waals surface area (Å²) in [5, 5.41) is 2.72. The maximum Gasteiger partial charge on any atom is 0.241 e. The van der Waals surface area contributed by atoms with E-state index < -0.39 is 33.8 Å². The molecule has 2 N–H and O–H groups in total. The van der Waals surface area contributed by atoms with Crippen molar-refractivity contribution in [3.05, 3.63) is 64.0 Å². The summed E-state index contributed by atoms with van der Waals surface area (Å²) in [6.45, 7) is 10.4. The Labute approximate surface area is 166 Å². The van der Waals surface area contributed by atoms with Crippen LogP contribution in [0.2, 0.25) is 0 Å². The molecule has 0 fully saturated rings. The molecule has 2 aromatic rings. The van der Waals surface area contributed by atoms with Crippen LogP contribution in [-0.4, -0.2) is 20.4 Å². The minimum Gasteiger partial charge on any atom is -0.348 e. The number of nitrogens with one attached hydrogen (secondary N) is 2. The summed E-state index contributed by atoms with van der Waals surface area (Å²) in [6.07, 6.45) is 0. The minimum absolute atomic E-state index is 0.211. The number of sulfonamides is 1. The Kier molecular flexibility index (Phi) is 6.62. The lowest BCUT2D eigenvalue weighted by Crippen LogP contribution is -2.45. The largest absolute Gasteiger partial charge is 0.348 e. The van der Waals surface area contributed by atoms with E-state index in [1.165, 1.54) is 19.1 Å². The number of hydrogen-bond donors (Lipinski definition) is 2. The van der Waals surface area contributed by atoms with Gasteiger partial charge in [-0.1, -0.05) is 18.2 Å². The van der Waals surface area contributed by atoms with Gasteiger partial charge in [0.25, 0.3) is 0 Å². The zero-order valence-corrected chi connectivity index (χ0v) is 17.9. The first kappa shape index (κ1) is 22.0. The summed E-state index contributed by atoms with van der Waals surface area (Å²) in [5.41, 5.74) is 3.68. The van der Waals surface area contributed by atoms with E-state index >= 15 is 0 Å². The van der Waals surface area contributed by atoms with Gasteiger partial charge in [0.2, 0.25) is 15.9 Å². The minimum atomic E-state index is -3.89. The summed E-state index contributed by atoms with van der Waals surface area (Å²) in [5.74, 6) is -0.881. The Balaban J connectivity index is 2.20. The fourth-order valence-corrected chi connectivity index (χ4v) is 4.95. The van der Waals surface area contributed by atoms with Gasteiger partial charge >= 0.3 is 0 Å². The highest BCUT2D eigenvalue weighted by Gasteiger charge is 2.27. The lowest BCUT2D eigenvalue weighted by Gasteiger charge is -2.21. The van der Waals surface area contributed by atoms with Crippen LogP contribution in [0.25, 0.3) is 0 Å². The van der Waals surface area contributed by atoms with E-state index in [1.54, 1.807) is 32.9 Å². The maximum absolute atomic E-state index is 13.4. The van der Waals surface area contributed by atoms with Crippen molar-refractivity contribution >= 4 is 15.9 Å². The highest BCUT2D eigenvalue weighted by molar-refractivity contribution is 7.89. The second kappa shape index (κ2) is 8.41. The molecule has 0 saturated heterocycles. The number of hydrogen-bond acceptors (Lipinski definition) is 3. The molecule has 1 unspecified atom stereocenters. The first-order chi connectivity index (χ1) is 12.9. The lowest BCUT2D eigenvalue weighted by atomic mass is 10.0. The van der Waals surface area contributed by atoms with Crippen molar-refractivity contribution in [3.63, 3.8) is 0 Å². The SMILES string of the molecule is Cc1cc(C)c(C)c(S(=O)(=O)N[C@@H](C)C(=O)NC(C)c2cccc(F)c2)c1C. The number of aryl methyl sites for hydroxylation is 2. The summed E-state index contributed by atoms with van der Waals surface area (Å²) < 4.78 is 41.7. The van der Waals surface area contributed by atoms with E-state index in [2.05, 4.69) is 10.0 Å². The van der Waals surface area contributed by atoms with Crippen LogP contribution in [-0.2, 0) is 14.8 Å². The molecule has 0 saturated carbocycles. The number of carbonyl (C=O) groups excluding carboxylic acids is 1. The fraction of sp³-hybridized carbons (Fsp3) is 0.381. The summed E-state index contributed by atoms with van der Waals surface area (Å²) in [6, 6.07) is 6.42. The Morgan fingerprint density at radius 2 is 1.57 bits per heavy atom. The fourth-order valence-electron chi connectivity index (χ4n) is 3.13. The molecule has 28 heavy (non-hydrogen) atoms. The molecule has 0 aromatic heterocycles. The van der Waals surface area contributed by atoms with Gasteiger partial charge in [-0.15, -0.1) is 0 Å². The van der Waals surface area contributed by atoms with Gasteiger partial charge in [-0.2, -0.15) is 4.72 Å². The predicted octanol–water partition coefficient (Wildman–Crippen LogP) is 3.60. The van der Waals surface area contributed by atoms with Crippen molar-refractivity contribution in [2.75, 3.05) is 0 Å². The Bertz CT molecular complexity index is 977. The third kappa shape index (κ3) is 4.77. The number of amides is 1. The smallest absolute Gasteiger partial charge is 0.241 e. The predicted molar refractivity (Wildman–Crippen MR) is 108 cm³/mol. The molecular weight excluding hydrogens is 379 g/mol. The first-order valence-electron chi connectivity index (χ1n) is 9.09. The van der Waals surface area contributed by atoms with Crippen LogP contribution in [0.3, 0.4) is 0 Å².